The summed E-state index contributed by atoms with van der Waals surface area (Å²) < 4.78 is 0. The SMILES string of the molecule is Cc1cc(-c2c(C#N)cnc3ccc(C=C4SC(=O)NC4=O)cc23)ccc1N1CCC[C@@H](N)C1.Cl. The van der Waals surface area contributed by atoms with Gasteiger partial charge in [-0.2, -0.15) is 5.26 Å². The lowest BCUT2D eigenvalue weighted by atomic mass is 9.94. The van der Waals surface area contributed by atoms with Gasteiger partial charge in [-0.25, -0.2) is 0 Å². The molecule has 35 heavy (non-hydrogen) atoms. The molecule has 2 fully saturated rings. The minimum atomic E-state index is -0.400. The lowest BCUT2D eigenvalue weighted by molar-refractivity contribution is -0.115. The van der Waals surface area contributed by atoms with E-state index in [0.29, 0.717) is 10.5 Å². The molecule has 3 aromatic rings. The number of carbonyl (C=O) groups excluding carboxylic acids is 2. The summed E-state index contributed by atoms with van der Waals surface area (Å²) in [6, 6.07) is 14.3. The molecule has 0 saturated carbocycles. The number of benzene rings is 2. The van der Waals surface area contributed by atoms with E-state index >= 15 is 0 Å². The molecular formula is C26H24ClN5O2S. The molecule has 5 rings (SSSR count). The van der Waals surface area contributed by atoms with E-state index in [1.54, 1.807) is 12.3 Å². The number of pyridine rings is 1. The smallest absolute Gasteiger partial charge is 0.290 e. The first-order valence-corrected chi connectivity index (χ1v) is 11.9. The van der Waals surface area contributed by atoms with Gasteiger partial charge in [0, 0.05) is 42.0 Å². The lowest BCUT2D eigenvalue weighted by Gasteiger charge is -2.33. The third-order valence-corrected chi connectivity index (χ3v) is 7.05. The Hall–Kier alpha value is -3.38. The van der Waals surface area contributed by atoms with Crippen molar-refractivity contribution in [3.8, 4) is 17.2 Å². The Balaban J connectivity index is 0.00000289. The number of piperidine rings is 1. The number of aromatic nitrogens is 1. The van der Waals surface area contributed by atoms with Crippen LogP contribution in [0.1, 0.15) is 29.5 Å². The fourth-order valence-electron chi connectivity index (χ4n) is 4.66. The predicted molar refractivity (Wildman–Crippen MR) is 142 cm³/mol. The largest absolute Gasteiger partial charge is 0.370 e. The molecule has 3 N–H and O–H groups in total. The summed E-state index contributed by atoms with van der Waals surface area (Å²) in [6.45, 7) is 3.91. The van der Waals surface area contributed by atoms with Gasteiger partial charge in [0.15, 0.2) is 0 Å². The first kappa shape index (κ1) is 24.7. The van der Waals surface area contributed by atoms with E-state index in [-0.39, 0.29) is 23.7 Å². The normalized spacial score (nSPS) is 18.9. The number of imide groups is 1. The van der Waals surface area contributed by atoms with Crippen LogP contribution in [-0.2, 0) is 4.79 Å². The molecule has 3 heterocycles. The number of fused-ring (bicyclic) bond motifs is 1. The molecule has 178 valence electrons. The second kappa shape index (κ2) is 10.1. The Labute approximate surface area is 213 Å². The number of anilines is 1. The van der Waals surface area contributed by atoms with Crippen LogP contribution in [0.25, 0.3) is 28.1 Å². The Morgan fingerprint density at radius 3 is 2.77 bits per heavy atom. The van der Waals surface area contributed by atoms with Crippen molar-refractivity contribution in [2.45, 2.75) is 25.8 Å². The number of carbonyl (C=O) groups is 2. The highest BCUT2D eigenvalue weighted by molar-refractivity contribution is 8.18. The Morgan fingerprint density at radius 2 is 2.09 bits per heavy atom. The number of nitrogens with one attached hydrogen (secondary N) is 1. The summed E-state index contributed by atoms with van der Waals surface area (Å²) in [5, 5.41) is 12.5. The van der Waals surface area contributed by atoms with Crippen molar-refractivity contribution < 1.29 is 9.59 Å². The number of nitrogens with zero attached hydrogens (tertiary/aromatic N) is 3. The van der Waals surface area contributed by atoms with Gasteiger partial charge in [-0.15, -0.1) is 12.4 Å². The van der Waals surface area contributed by atoms with Gasteiger partial charge in [0.05, 0.1) is 16.0 Å². The summed E-state index contributed by atoms with van der Waals surface area (Å²) in [4.78, 5) is 30.6. The minimum absolute atomic E-state index is 0. The molecule has 2 aliphatic heterocycles. The summed E-state index contributed by atoms with van der Waals surface area (Å²) in [7, 11) is 0. The monoisotopic (exact) mass is 505 g/mol. The van der Waals surface area contributed by atoms with Crippen molar-refractivity contribution in [1.82, 2.24) is 10.3 Å². The third kappa shape index (κ3) is 4.89. The quantitative estimate of drug-likeness (QED) is 0.493. The number of halogens is 1. The van der Waals surface area contributed by atoms with Gasteiger partial charge in [0.2, 0.25) is 0 Å². The molecule has 2 amide bonds. The first-order chi connectivity index (χ1) is 16.4. The molecule has 2 saturated heterocycles. The molecule has 9 heteroatoms. The van der Waals surface area contributed by atoms with Gasteiger partial charge in [-0.3, -0.25) is 19.9 Å². The van der Waals surface area contributed by atoms with Crippen LogP contribution in [0.4, 0.5) is 10.5 Å². The Morgan fingerprint density at radius 1 is 1.26 bits per heavy atom. The van der Waals surface area contributed by atoms with Crippen molar-refractivity contribution in [3.05, 3.63) is 64.2 Å². The summed E-state index contributed by atoms with van der Waals surface area (Å²) >= 11 is 0.879. The number of amides is 2. The van der Waals surface area contributed by atoms with Gasteiger partial charge in [-0.05, 0) is 78.6 Å². The van der Waals surface area contributed by atoms with Crippen LogP contribution >= 0.6 is 24.2 Å². The highest BCUT2D eigenvalue weighted by atomic mass is 35.5. The fourth-order valence-corrected chi connectivity index (χ4v) is 5.34. The molecule has 0 spiro atoms. The number of hydrogen-bond acceptors (Lipinski definition) is 7. The van der Waals surface area contributed by atoms with Gasteiger partial charge >= 0.3 is 0 Å². The highest BCUT2D eigenvalue weighted by Crippen LogP contribution is 2.35. The van der Waals surface area contributed by atoms with E-state index in [9.17, 15) is 14.9 Å². The maximum absolute atomic E-state index is 12.0. The van der Waals surface area contributed by atoms with Crippen LogP contribution in [0.2, 0.25) is 0 Å². The van der Waals surface area contributed by atoms with Crippen LogP contribution in [0, 0.1) is 18.3 Å². The van der Waals surface area contributed by atoms with E-state index in [2.05, 4.69) is 40.3 Å². The van der Waals surface area contributed by atoms with Gasteiger partial charge in [0.25, 0.3) is 11.1 Å². The van der Waals surface area contributed by atoms with Crippen LogP contribution in [-0.4, -0.2) is 35.3 Å². The topological polar surface area (TPSA) is 112 Å². The van der Waals surface area contributed by atoms with Crippen molar-refractivity contribution >= 4 is 58.0 Å². The summed E-state index contributed by atoms with van der Waals surface area (Å²) in [6.07, 6.45) is 5.41. The molecule has 0 unspecified atom stereocenters. The van der Waals surface area contributed by atoms with Gasteiger partial charge in [0.1, 0.15) is 6.07 Å². The summed E-state index contributed by atoms with van der Waals surface area (Å²) in [5.41, 5.74) is 12.2. The standard InChI is InChI=1S/C26H23N5O2S.ClH/c1-15-9-17(5-7-22(15)31-8-2-3-19(28)14-31)24-18(12-27)13-29-21-6-4-16(10-20(21)24)11-23-25(32)30-26(33)34-23;/h4-7,9-11,13,19H,2-3,8,14,28H2,1H3,(H,30,32,33);1H/t19-;/m1./s1. The maximum Gasteiger partial charge on any atom is 0.290 e. The minimum Gasteiger partial charge on any atom is -0.370 e. The van der Waals surface area contributed by atoms with Gasteiger partial charge in [-0.1, -0.05) is 12.1 Å². The molecule has 1 atom stereocenters. The van der Waals surface area contributed by atoms with Crippen molar-refractivity contribution in [3.63, 3.8) is 0 Å². The average Bonchev–Trinajstić information content (AvgIpc) is 3.14. The molecule has 2 aromatic carbocycles. The first-order valence-electron chi connectivity index (χ1n) is 11.1. The van der Waals surface area contributed by atoms with E-state index in [0.717, 1.165) is 76.5 Å². The molecule has 1 aromatic heterocycles. The van der Waals surface area contributed by atoms with Crippen LogP contribution in [0.5, 0.6) is 0 Å². The van der Waals surface area contributed by atoms with Crippen molar-refractivity contribution in [1.29, 1.82) is 5.26 Å². The van der Waals surface area contributed by atoms with E-state index in [1.807, 2.05) is 24.3 Å². The van der Waals surface area contributed by atoms with Crippen LogP contribution < -0.4 is 16.0 Å². The zero-order valence-electron chi connectivity index (χ0n) is 19.1. The molecule has 0 bridgehead atoms. The zero-order valence-corrected chi connectivity index (χ0v) is 20.7. The molecular weight excluding hydrogens is 482 g/mol. The van der Waals surface area contributed by atoms with E-state index in [4.69, 9.17) is 5.73 Å². The molecule has 2 aliphatic rings. The zero-order chi connectivity index (χ0) is 23.8. The third-order valence-electron chi connectivity index (χ3n) is 6.24. The van der Waals surface area contributed by atoms with Crippen molar-refractivity contribution in [2.24, 2.45) is 5.73 Å². The molecule has 0 aliphatic carbocycles. The Bertz CT molecular complexity index is 1410. The number of nitrogens with two attached hydrogens (primary N) is 1. The van der Waals surface area contributed by atoms with Crippen LogP contribution in [0.3, 0.4) is 0 Å². The molecule has 0 radical (unpaired) electrons. The fraction of sp³-hybridized carbons (Fsp3) is 0.231. The number of hydrogen-bond donors (Lipinski definition) is 2. The van der Waals surface area contributed by atoms with E-state index in [1.165, 1.54) is 0 Å². The number of thioether (sulfide) groups is 1. The average molecular weight is 506 g/mol. The number of aryl methyl sites for hydroxylation is 1. The van der Waals surface area contributed by atoms with E-state index < -0.39 is 5.91 Å². The lowest BCUT2D eigenvalue weighted by Crippen LogP contribution is -2.43. The predicted octanol–water partition coefficient (Wildman–Crippen LogP) is 4.76. The summed E-state index contributed by atoms with van der Waals surface area (Å²) in [5.74, 6) is -0.400. The second-order valence-electron chi connectivity index (χ2n) is 8.64. The molecule has 7 nitrogen and oxygen atoms in total. The Kier molecular flexibility index (Phi) is 7.13. The highest BCUT2D eigenvalue weighted by Gasteiger charge is 2.25. The van der Waals surface area contributed by atoms with Crippen molar-refractivity contribution in [2.75, 3.05) is 18.0 Å². The number of nitriles is 1. The second-order valence-corrected chi connectivity index (χ2v) is 9.65. The van der Waals surface area contributed by atoms with Crippen LogP contribution in [0.15, 0.2) is 47.5 Å². The number of rotatable bonds is 3. The van der Waals surface area contributed by atoms with Gasteiger partial charge < -0.3 is 10.6 Å². The maximum atomic E-state index is 12.0.